The van der Waals surface area contributed by atoms with E-state index in [4.69, 9.17) is 0 Å². The van der Waals surface area contributed by atoms with E-state index >= 15 is 0 Å². The van der Waals surface area contributed by atoms with Crippen LogP contribution in [0.5, 0.6) is 0 Å². The summed E-state index contributed by atoms with van der Waals surface area (Å²) in [5.41, 5.74) is 0. The third-order valence-electron chi connectivity index (χ3n) is 2.33. The van der Waals surface area contributed by atoms with E-state index in [1.165, 1.54) is 0 Å². The Bertz CT molecular complexity index is 218. The molecule has 0 spiro atoms. The van der Waals surface area contributed by atoms with E-state index in [-0.39, 0.29) is 5.91 Å². The lowest BCUT2D eigenvalue weighted by atomic mass is 9.95. The van der Waals surface area contributed by atoms with Crippen molar-refractivity contribution in [2.45, 2.75) is 25.7 Å². The number of amides is 1. The molecule has 1 N–H and O–H groups in total. The van der Waals surface area contributed by atoms with Gasteiger partial charge in [-0.25, -0.2) is 0 Å². The van der Waals surface area contributed by atoms with Gasteiger partial charge in [-0.15, -0.1) is 0 Å². The highest BCUT2D eigenvalue weighted by Crippen LogP contribution is 2.17. The number of carbonyl (C=O) groups is 1. The van der Waals surface area contributed by atoms with E-state index in [0.717, 1.165) is 19.3 Å². The molecule has 1 atom stereocenters. The molecule has 1 rings (SSSR count). The highest BCUT2D eigenvalue weighted by molar-refractivity contribution is 5.75. The summed E-state index contributed by atoms with van der Waals surface area (Å²) in [5.74, 6) is 0.796. The van der Waals surface area contributed by atoms with Gasteiger partial charge in [-0.2, -0.15) is 0 Å². The second-order valence-electron chi connectivity index (χ2n) is 3.37. The van der Waals surface area contributed by atoms with E-state index < -0.39 is 0 Å². The Labute approximate surface area is 79.7 Å². The van der Waals surface area contributed by atoms with Gasteiger partial charge in [0.2, 0.25) is 5.91 Å². The third-order valence-corrected chi connectivity index (χ3v) is 2.33. The predicted octanol–water partition coefficient (Wildman–Crippen LogP) is 2.04. The topological polar surface area (TPSA) is 29.1 Å². The van der Waals surface area contributed by atoms with Gasteiger partial charge in [0.1, 0.15) is 0 Å². The third kappa shape index (κ3) is 3.92. The van der Waals surface area contributed by atoms with Crippen molar-refractivity contribution in [1.29, 1.82) is 0 Å². The standard InChI is InChI=1S/C11H17NO/c1-12-11(13)9-5-8-10-6-3-2-4-7-10/h2-4,6,10H,5,7-9H2,1H3,(H,12,13). The monoisotopic (exact) mass is 179 g/mol. The van der Waals surface area contributed by atoms with Crippen LogP contribution in [-0.4, -0.2) is 13.0 Å². The van der Waals surface area contributed by atoms with Crippen LogP contribution >= 0.6 is 0 Å². The first-order valence-electron chi connectivity index (χ1n) is 4.87. The molecule has 1 aliphatic rings. The van der Waals surface area contributed by atoms with E-state index in [1.807, 2.05) is 0 Å². The molecule has 1 aliphatic carbocycles. The van der Waals surface area contributed by atoms with Crippen LogP contribution in [0.25, 0.3) is 0 Å². The van der Waals surface area contributed by atoms with Crippen molar-refractivity contribution >= 4 is 5.91 Å². The number of nitrogens with one attached hydrogen (secondary N) is 1. The normalized spacial score (nSPS) is 20.2. The van der Waals surface area contributed by atoms with Gasteiger partial charge < -0.3 is 5.32 Å². The van der Waals surface area contributed by atoms with Crippen molar-refractivity contribution in [3.8, 4) is 0 Å². The van der Waals surface area contributed by atoms with Crippen LogP contribution in [0.4, 0.5) is 0 Å². The molecule has 0 bridgehead atoms. The summed E-state index contributed by atoms with van der Waals surface area (Å²) < 4.78 is 0. The van der Waals surface area contributed by atoms with Crippen molar-refractivity contribution in [3.05, 3.63) is 24.3 Å². The van der Waals surface area contributed by atoms with Gasteiger partial charge in [0.25, 0.3) is 0 Å². The van der Waals surface area contributed by atoms with Crippen molar-refractivity contribution in [1.82, 2.24) is 5.32 Å². The Morgan fingerprint density at radius 1 is 1.54 bits per heavy atom. The SMILES string of the molecule is CNC(=O)CCCC1C=CC=CC1. The molecule has 1 unspecified atom stereocenters. The van der Waals surface area contributed by atoms with Crippen LogP contribution in [-0.2, 0) is 4.79 Å². The summed E-state index contributed by atoms with van der Waals surface area (Å²) in [5, 5.41) is 2.63. The van der Waals surface area contributed by atoms with Gasteiger partial charge in [-0.05, 0) is 25.2 Å². The van der Waals surface area contributed by atoms with Crippen LogP contribution < -0.4 is 5.32 Å². The fourth-order valence-corrected chi connectivity index (χ4v) is 1.50. The predicted molar refractivity (Wildman–Crippen MR) is 54.3 cm³/mol. The first-order valence-corrected chi connectivity index (χ1v) is 4.87. The largest absolute Gasteiger partial charge is 0.359 e. The summed E-state index contributed by atoms with van der Waals surface area (Å²) in [6, 6.07) is 0. The molecule has 0 aliphatic heterocycles. The number of hydrogen-bond donors (Lipinski definition) is 1. The lowest BCUT2D eigenvalue weighted by Crippen LogP contribution is -2.17. The molecule has 72 valence electrons. The summed E-state index contributed by atoms with van der Waals surface area (Å²) in [6.45, 7) is 0. The second kappa shape index (κ2) is 5.57. The van der Waals surface area contributed by atoms with Crippen LogP contribution in [0, 0.1) is 5.92 Å². The first-order chi connectivity index (χ1) is 6.33. The molecular weight excluding hydrogens is 162 g/mol. The van der Waals surface area contributed by atoms with Crippen molar-refractivity contribution < 1.29 is 4.79 Å². The van der Waals surface area contributed by atoms with Gasteiger partial charge in [-0.1, -0.05) is 24.3 Å². The molecule has 2 heteroatoms. The minimum Gasteiger partial charge on any atom is -0.359 e. The van der Waals surface area contributed by atoms with Crippen molar-refractivity contribution in [2.75, 3.05) is 7.05 Å². The highest BCUT2D eigenvalue weighted by atomic mass is 16.1. The maximum Gasteiger partial charge on any atom is 0.219 e. The Morgan fingerprint density at radius 2 is 2.38 bits per heavy atom. The van der Waals surface area contributed by atoms with Gasteiger partial charge in [0.05, 0.1) is 0 Å². The Kier molecular flexibility index (Phi) is 4.30. The number of rotatable bonds is 4. The van der Waals surface area contributed by atoms with Crippen LogP contribution in [0.3, 0.4) is 0 Å². The van der Waals surface area contributed by atoms with Gasteiger partial charge in [0, 0.05) is 13.5 Å². The lowest BCUT2D eigenvalue weighted by Gasteiger charge is -2.11. The Balaban J connectivity index is 2.09. The van der Waals surface area contributed by atoms with E-state index in [9.17, 15) is 4.79 Å². The number of hydrogen-bond acceptors (Lipinski definition) is 1. The number of carbonyl (C=O) groups excluding carboxylic acids is 1. The maximum absolute atomic E-state index is 10.9. The second-order valence-corrected chi connectivity index (χ2v) is 3.37. The summed E-state index contributed by atoms with van der Waals surface area (Å²) >= 11 is 0. The smallest absolute Gasteiger partial charge is 0.219 e. The average molecular weight is 179 g/mol. The Morgan fingerprint density at radius 3 is 3.00 bits per heavy atom. The van der Waals surface area contributed by atoms with Gasteiger partial charge >= 0.3 is 0 Å². The van der Waals surface area contributed by atoms with Crippen LogP contribution in [0.2, 0.25) is 0 Å². The molecule has 1 amide bonds. The molecule has 13 heavy (non-hydrogen) atoms. The molecule has 0 saturated carbocycles. The highest BCUT2D eigenvalue weighted by Gasteiger charge is 2.05. The zero-order valence-electron chi connectivity index (χ0n) is 8.12. The molecule has 0 aromatic rings. The summed E-state index contributed by atoms with van der Waals surface area (Å²) in [4.78, 5) is 10.9. The quantitative estimate of drug-likeness (QED) is 0.703. The molecule has 2 nitrogen and oxygen atoms in total. The van der Waals surface area contributed by atoms with Crippen LogP contribution in [0.15, 0.2) is 24.3 Å². The minimum atomic E-state index is 0.148. The molecule has 0 fully saturated rings. The zero-order chi connectivity index (χ0) is 9.52. The lowest BCUT2D eigenvalue weighted by molar-refractivity contribution is -0.120. The molecule has 0 saturated heterocycles. The maximum atomic E-state index is 10.9. The summed E-state index contributed by atoms with van der Waals surface area (Å²) in [7, 11) is 1.69. The van der Waals surface area contributed by atoms with E-state index in [2.05, 4.69) is 29.6 Å². The average Bonchev–Trinajstić information content (AvgIpc) is 2.19. The fourth-order valence-electron chi connectivity index (χ4n) is 1.50. The molecule has 0 aromatic carbocycles. The van der Waals surface area contributed by atoms with Crippen molar-refractivity contribution in [3.63, 3.8) is 0 Å². The summed E-state index contributed by atoms with van der Waals surface area (Å²) in [6.07, 6.45) is 12.5. The van der Waals surface area contributed by atoms with Crippen molar-refractivity contribution in [2.24, 2.45) is 5.92 Å². The molecule has 0 radical (unpaired) electrons. The van der Waals surface area contributed by atoms with E-state index in [0.29, 0.717) is 12.3 Å². The van der Waals surface area contributed by atoms with Gasteiger partial charge in [-0.3, -0.25) is 4.79 Å². The number of allylic oxidation sites excluding steroid dienone is 4. The minimum absolute atomic E-state index is 0.148. The molecule has 0 aromatic heterocycles. The van der Waals surface area contributed by atoms with Crippen LogP contribution in [0.1, 0.15) is 25.7 Å². The van der Waals surface area contributed by atoms with Gasteiger partial charge in [0.15, 0.2) is 0 Å². The molecular formula is C11H17NO. The first kappa shape index (κ1) is 10.0. The molecule has 0 heterocycles. The Hall–Kier alpha value is -1.05. The fraction of sp³-hybridized carbons (Fsp3) is 0.545. The van der Waals surface area contributed by atoms with E-state index in [1.54, 1.807) is 7.05 Å². The zero-order valence-corrected chi connectivity index (χ0v) is 8.12.